The van der Waals surface area contributed by atoms with Gasteiger partial charge in [0.1, 0.15) is 5.75 Å². The fraction of sp³-hybridized carbons (Fsp3) is 0.235. The zero-order valence-electron chi connectivity index (χ0n) is 14.0. The molecule has 0 aliphatic rings. The molecular weight excluding hydrogens is 312 g/mol. The number of phenols is 1. The maximum absolute atomic E-state index is 12.2. The molecule has 0 aliphatic carbocycles. The summed E-state index contributed by atoms with van der Waals surface area (Å²) >= 11 is 0. The number of rotatable bonds is 5. The summed E-state index contributed by atoms with van der Waals surface area (Å²) in [7, 11) is 4.48. The Morgan fingerprint density at radius 3 is 2.12 bits per heavy atom. The molecule has 0 fully saturated rings. The van der Waals surface area contributed by atoms with Gasteiger partial charge in [0.05, 0.1) is 32.7 Å². The number of carbonyl (C=O) groups excluding carboxylic acids is 1. The van der Waals surface area contributed by atoms with E-state index in [9.17, 15) is 9.90 Å². The molecule has 2 rings (SSSR count). The third-order valence-corrected chi connectivity index (χ3v) is 3.32. The topological polar surface area (TPSA) is 89.1 Å². The molecule has 2 aromatic rings. The summed E-state index contributed by atoms with van der Waals surface area (Å²) in [6, 6.07) is 7.64. The SMILES string of the molecule is COc1cc(NC(=O)Nc2cc(C)ccc2O)cc(OC)c1OC. The minimum absolute atomic E-state index is 0.0133. The Balaban J connectivity index is 2.21. The summed E-state index contributed by atoms with van der Waals surface area (Å²) in [5, 5.41) is 15.0. The molecule has 0 unspecified atom stereocenters. The third-order valence-electron chi connectivity index (χ3n) is 3.32. The first kappa shape index (κ1) is 17.3. The van der Waals surface area contributed by atoms with Crippen molar-refractivity contribution in [2.24, 2.45) is 0 Å². The second-order valence-corrected chi connectivity index (χ2v) is 5.01. The molecule has 0 saturated carbocycles. The molecule has 128 valence electrons. The molecule has 24 heavy (non-hydrogen) atoms. The van der Waals surface area contributed by atoms with Crippen LogP contribution in [0.1, 0.15) is 5.56 Å². The van der Waals surface area contributed by atoms with Crippen LogP contribution in [-0.2, 0) is 0 Å². The molecule has 7 heteroatoms. The van der Waals surface area contributed by atoms with Gasteiger partial charge < -0.3 is 30.0 Å². The minimum atomic E-state index is -0.509. The number of aromatic hydroxyl groups is 1. The number of carbonyl (C=O) groups is 1. The lowest BCUT2D eigenvalue weighted by Crippen LogP contribution is -2.19. The lowest BCUT2D eigenvalue weighted by molar-refractivity contribution is 0.262. The number of urea groups is 1. The second kappa shape index (κ2) is 7.45. The van der Waals surface area contributed by atoms with Gasteiger partial charge in [-0.05, 0) is 24.6 Å². The highest BCUT2D eigenvalue weighted by atomic mass is 16.5. The number of aryl methyl sites for hydroxylation is 1. The maximum Gasteiger partial charge on any atom is 0.323 e. The van der Waals surface area contributed by atoms with Crippen molar-refractivity contribution < 1.29 is 24.1 Å². The Kier molecular flexibility index (Phi) is 5.36. The second-order valence-electron chi connectivity index (χ2n) is 5.01. The van der Waals surface area contributed by atoms with E-state index in [2.05, 4.69) is 10.6 Å². The van der Waals surface area contributed by atoms with Gasteiger partial charge in [-0.2, -0.15) is 0 Å². The van der Waals surface area contributed by atoms with Crippen molar-refractivity contribution in [2.75, 3.05) is 32.0 Å². The molecule has 0 aliphatic heterocycles. The zero-order valence-corrected chi connectivity index (χ0v) is 14.0. The van der Waals surface area contributed by atoms with E-state index in [0.29, 0.717) is 28.6 Å². The lowest BCUT2D eigenvalue weighted by Gasteiger charge is -2.15. The number of methoxy groups -OCH3 is 3. The van der Waals surface area contributed by atoms with Crippen molar-refractivity contribution in [2.45, 2.75) is 6.92 Å². The largest absolute Gasteiger partial charge is 0.506 e. The summed E-state index contributed by atoms with van der Waals surface area (Å²) in [5.74, 6) is 1.26. The van der Waals surface area contributed by atoms with Crippen LogP contribution in [0.5, 0.6) is 23.0 Å². The van der Waals surface area contributed by atoms with E-state index in [1.54, 1.807) is 24.3 Å². The van der Waals surface area contributed by atoms with Crippen LogP contribution >= 0.6 is 0 Å². The molecule has 3 N–H and O–H groups in total. The number of amides is 2. The molecule has 0 radical (unpaired) electrons. The normalized spacial score (nSPS) is 10.0. The Morgan fingerprint density at radius 2 is 1.58 bits per heavy atom. The predicted molar refractivity (Wildman–Crippen MR) is 91.6 cm³/mol. The summed E-state index contributed by atoms with van der Waals surface area (Å²) < 4.78 is 15.7. The minimum Gasteiger partial charge on any atom is -0.506 e. The third kappa shape index (κ3) is 3.81. The molecule has 0 aromatic heterocycles. The fourth-order valence-electron chi connectivity index (χ4n) is 2.19. The summed E-state index contributed by atoms with van der Waals surface area (Å²) in [4.78, 5) is 12.2. The van der Waals surface area contributed by atoms with Gasteiger partial charge in [-0.3, -0.25) is 0 Å². The fourth-order valence-corrected chi connectivity index (χ4v) is 2.19. The first-order chi connectivity index (χ1) is 11.5. The summed E-state index contributed by atoms with van der Waals surface area (Å²) in [5.41, 5.74) is 1.69. The van der Waals surface area contributed by atoms with Gasteiger partial charge in [0.2, 0.25) is 5.75 Å². The molecular formula is C17H20N2O5. The van der Waals surface area contributed by atoms with Gasteiger partial charge in [-0.25, -0.2) is 4.79 Å². The number of benzene rings is 2. The Bertz CT molecular complexity index is 721. The van der Waals surface area contributed by atoms with Crippen molar-refractivity contribution in [1.82, 2.24) is 0 Å². The molecule has 7 nitrogen and oxygen atoms in total. The van der Waals surface area contributed by atoms with Crippen molar-refractivity contribution in [1.29, 1.82) is 0 Å². The number of hydrogen-bond donors (Lipinski definition) is 3. The van der Waals surface area contributed by atoms with Gasteiger partial charge in [0.15, 0.2) is 11.5 Å². The highest BCUT2D eigenvalue weighted by Crippen LogP contribution is 2.40. The molecule has 2 aromatic carbocycles. The quantitative estimate of drug-likeness (QED) is 0.731. The standard InChI is InChI=1S/C17H20N2O5/c1-10-5-6-13(20)12(7-10)19-17(21)18-11-8-14(22-2)16(24-4)15(9-11)23-3/h5-9,20H,1-4H3,(H2,18,19,21). The van der Waals surface area contributed by atoms with Crippen LogP contribution in [-0.4, -0.2) is 32.5 Å². The highest BCUT2D eigenvalue weighted by molar-refractivity contribution is 6.01. The van der Waals surface area contributed by atoms with Gasteiger partial charge in [0, 0.05) is 12.1 Å². The average molecular weight is 332 g/mol. The molecule has 0 spiro atoms. The van der Waals surface area contributed by atoms with Crippen LogP contribution in [0.3, 0.4) is 0 Å². The lowest BCUT2D eigenvalue weighted by atomic mass is 10.2. The van der Waals surface area contributed by atoms with Crippen LogP contribution in [0.15, 0.2) is 30.3 Å². The van der Waals surface area contributed by atoms with Crippen molar-refractivity contribution >= 4 is 17.4 Å². The maximum atomic E-state index is 12.2. The van der Waals surface area contributed by atoms with Gasteiger partial charge in [-0.15, -0.1) is 0 Å². The van der Waals surface area contributed by atoms with Crippen molar-refractivity contribution in [3.05, 3.63) is 35.9 Å². The first-order valence-electron chi connectivity index (χ1n) is 7.16. The summed E-state index contributed by atoms with van der Waals surface area (Å²) in [6.45, 7) is 1.86. The van der Waals surface area contributed by atoms with Crippen LogP contribution in [0.2, 0.25) is 0 Å². The van der Waals surface area contributed by atoms with E-state index in [0.717, 1.165) is 5.56 Å². The number of ether oxygens (including phenoxy) is 3. The van der Waals surface area contributed by atoms with Crippen LogP contribution < -0.4 is 24.8 Å². The molecule has 2 amide bonds. The van der Waals surface area contributed by atoms with Gasteiger partial charge in [0.25, 0.3) is 0 Å². The monoisotopic (exact) mass is 332 g/mol. The number of anilines is 2. The Labute approximate surface area is 140 Å². The van der Waals surface area contributed by atoms with Crippen molar-refractivity contribution in [3.8, 4) is 23.0 Å². The highest BCUT2D eigenvalue weighted by Gasteiger charge is 2.15. The van der Waals surface area contributed by atoms with E-state index in [1.807, 2.05) is 6.92 Å². The van der Waals surface area contributed by atoms with Gasteiger partial charge >= 0.3 is 6.03 Å². The average Bonchev–Trinajstić information content (AvgIpc) is 2.57. The van der Waals surface area contributed by atoms with Gasteiger partial charge in [-0.1, -0.05) is 6.07 Å². The van der Waals surface area contributed by atoms with Crippen LogP contribution in [0.25, 0.3) is 0 Å². The Hall–Kier alpha value is -3.09. The van der Waals surface area contributed by atoms with Crippen LogP contribution in [0.4, 0.5) is 16.2 Å². The number of hydrogen-bond acceptors (Lipinski definition) is 5. The van der Waals surface area contributed by atoms with E-state index < -0.39 is 6.03 Å². The van der Waals surface area contributed by atoms with E-state index in [1.165, 1.54) is 27.4 Å². The Morgan fingerprint density at radius 1 is 0.958 bits per heavy atom. The summed E-state index contributed by atoms with van der Waals surface area (Å²) in [6.07, 6.45) is 0. The number of phenolic OH excluding ortho intramolecular Hbond substituents is 1. The molecule has 0 heterocycles. The van der Waals surface area contributed by atoms with Crippen molar-refractivity contribution in [3.63, 3.8) is 0 Å². The number of nitrogens with one attached hydrogen (secondary N) is 2. The smallest absolute Gasteiger partial charge is 0.323 e. The predicted octanol–water partition coefficient (Wildman–Crippen LogP) is 3.37. The van der Waals surface area contributed by atoms with E-state index in [4.69, 9.17) is 14.2 Å². The molecule has 0 saturated heterocycles. The van der Waals surface area contributed by atoms with Crippen LogP contribution in [0, 0.1) is 6.92 Å². The van der Waals surface area contributed by atoms with E-state index >= 15 is 0 Å². The van der Waals surface area contributed by atoms with E-state index in [-0.39, 0.29) is 5.75 Å². The zero-order chi connectivity index (χ0) is 17.7. The first-order valence-corrected chi connectivity index (χ1v) is 7.16. The molecule has 0 bridgehead atoms. The molecule has 0 atom stereocenters.